The summed E-state index contributed by atoms with van der Waals surface area (Å²) in [5.74, 6) is -0.708. The maximum Gasteiger partial charge on any atom is 0.251 e. The normalized spacial score (nSPS) is 10.6. The summed E-state index contributed by atoms with van der Waals surface area (Å²) in [7, 11) is 0. The van der Waals surface area contributed by atoms with Crippen molar-refractivity contribution in [3.05, 3.63) is 81.6 Å². The molecule has 0 atom stereocenters. The fourth-order valence-electron chi connectivity index (χ4n) is 2.75. The first-order valence-electron chi connectivity index (χ1n) is 8.36. The zero-order valence-electron chi connectivity index (χ0n) is 15.0. The molecule has 0 aliphatic carbocycles. The van der Waals surface area contributed by atoms with E-state index in [-0.39, 0.29) is 5.91 Å². The summed E-state index contributed by atoms with van der Waals surface area (Å²) >= 11 is 6.18. The average molecular weight is 383 g/mol. The van der Waals surface area contributed by atoms with E-state index in [4.69, 9.17) is 17.3 Å². The van der Waals surface area contributed by atoms with Gasteiger partial charge in [0.1, 0.15) is 0 Å². The summed E-state index contributed by atoms with van der Waals surface area (Å²) in [4.78, 5) is 23.6. The van der Waals surface area contributed by atoms with Gasteiger partial charge in [0.05, 0.1) is 22.1 Å². The summed E-state index contributed by atoms with van der Waals surface area (Å²) in [6, 6.07) is 14.0. The number of amides is 2. The molecule has 0 saturated heterocycles. The van der Waals surface area contributed by atoms with Gasteiger partial charge >= 0.3 is 0 Å². The number of aryl methyl sites for hydroxylation is 1. The first kappa shape index (κ1) is 18.7. The molecule has 0 fully saturated rings. The second-order valence-electron chi connectivity index (χ2n) is 6.19. The molecule has 0 aliphatic rings. The molecule has 2 amide bonds. The van der Waals surface area contributed by atoms with Crippen LogP contribution in [0.4, 0.5) is 0 Å². The van der Waals surface area contributed by atoms with Gasteiger partial charge in [-0.3, -0.25) is 9.59 Å². The molecule has 0 aliphatic heterocycles. The van der Waals surface area contributed by atoms with Crippen molar-refractivity contribution in [2.24, 2.45) is 5.73 Å². The second kappa shape index (κ2) is 7.63. The summed E-state index contributed by atoms with van der Waals surface area (Å²) in [5.41, 5.74) is 9.44. The van der Waals surface area contributed by atoms with E-state index in [0.29, 0.717) is 22.7 Å². The summed E-state index contributed by atoms with van der Waals surface area (Å²) in [5, 5.41) is 7.86. The van der Waals surface area contributed by atoms with Gasteiger partial charge in [0.25, 0.3) is 5.91 Å². The monoisotopic (exact) mass is 382 g/mol. The number of nitrogens with one attached hydrogen (secondary N) is 1. The van der Waals surface area contributed by atoms with E-state index < -0.39 is 5.91 Å². The Kier molecular flexibility index (Phi) is 5.28. The number of hydrogen-bond donors (Lipinski definition) is 2. The van der Waals surface area contributed by atoms with Crippen LogP contribution >= 0.6 is 11.6 Å². The largest absolute Gasteiger partial charge is 0.366 e. The lowest BCUT2D eigenvalue weighted by molar-refractivity contribution is 0.0950. The van der Waals surface area contributed by atoms with Gasteiger partial charge in [-0.25, -0.2) is 4.68 Å². The molecular weight excluding hydrogens is 364 g/mol. The molecule has 3 aromatic rings. The van der Waals surface area contributed by atoms with Crippen molar-refractivity contribution in [2.45, 2.75) is 20.4 Å². The Morgan fingerprint density at radius 1 is 1.11 bits per heavy atom. The second-order valence-corrected chi connectivity index (χ2v) is 6.57. The molecule has 1 aromatic heterocycles. The van der Waals surface area contributed by atoms with E-state index in [0.717, 1.165) is 22.6 Å². The number of benzene rings is 2. The summed E-state index contributed by atoms with van der Waals surface area (Å²) in [6.07, 6.45) is 0. The van der Waals surface area contributed by atoms with E-state index in [1.165, 1.54) is 0 Å². The molecule has 7 heteroatoms. The molecule has 0 spiro atoms. The Labute approximate surface area is 161 Å². The quantitative estimate of drug-likeness (QED) is 0.710. The lowest BCUT2D eigenvalue weighted by Crippen LogP contribution is -2.23. The van der Waals surface area contributed by atoms with Crippen molar-refractivity contribution in [1.82, 2.24) is 15.1 Å². The molecule has 27 heavy (non-hydrogen) atoms. The van der Waals surface area contributed by atoms with Gasteiger partial charge in [0, 0.05) is 17.7 Å². The first-order chi connectivity index (χ1) is 12.9. The van der Waals surface area contributed by atoms with Gasteiger partial charge in [0.15, 0.2) is 0 Å². The molecule has 2 aromatic carbocycles. The van der Waals surface area contributed by atoms with Crippen LogP contribution in [0.2, 0.25) is 5.02 Å². The SMILES string of the molecule is Cc1nn(-c2ccc(C(=O)NCc3cccc(C(N)=O)c3)cc2)c(C)c1Cl. The minimum atomic E-state index is -0.497. The highest BCUT2D eigenvalue weighted by Gasteiger charge is 2.12. The smallest absolute Gasteiger partial charge is 0.251 e. The molecule has 0 saturated carbocycles. The molecule has 0 radical (unpaired) electrons. The molecule has 6 nitrogen and oxygen atoms in total. The van der Waals surface area contributed by atoms with Gasteiger partial charge in [-0.1, -0.05) is 23.7 Å². The summed E-state index contributed by atoms with van der Waals surface area (Å²) in [6.45, 7) is 4.04. The Morgan fingerprint density at radius 3 is 2.41 bits per heavy atom. The maximum absolute atomic E-state index is 12.4. The van der Waals surface area contributed by atoms with Crippen LogP contribution in [0, 0.1) is 13.8 Å². The third kappa shape index (κ3) is 4.01. The highest BCUT2D eigenvalue weighted by atomic mass is 35.5. The molecule has 0 unspecified atom stereocenters. The van der Waals surface area contributed by atoms with Crippen LogP contribution in [0.25, 0.3) is 5.69 Å². The van der Waals surface area contributed by atoms with Gasteiger partial charge in [-0.05, 0) is 55.8 Å². The van der Waals surface area contributed by atoms with Crippen molar-refractivity contribution in [3.63, 3.8) is 0 Å². The van der Waals surface area contributed by atoms with Gasteiger partial charge in [0.2, 0.25) is 5.91 Å². The number of primary amides is 1. The predicted molar refractivity (Wildman–Crippen MR) is 104 cm³/mol. The van der Waals surface area contributed by atoms with Crippen LogP contribution in [-0.4, -0.2) is 21.6 Å². The number of aromatic nitrogens is 2. The van der Waals surface area contributed by atoms with Crippen LogP contribution < -0.4 is 11.1 Å². The van der Waals surface area contributed by atoms with Gasteiger partial charge in [-0.15, -0.1) is 0 Å². The lowest BCUT2D eigenvalue weighted by atomic mass is 10.1. The van der Waals surface area contributed by atoms with Crippen molar-refractivity contribution >= 4 is 23.4 Å². The Morgan fingerprint density at radius 2 is 1.81 bits per heavy atom. The maximum atomic E-state index is 12.4. The fourth-order valence-corrected chi connectivity index (χ4v) is 2.87. The van der Waals surface area contributed by atoms with Crippen molar-refractivity contribution < 1.29 is 9.59 Å². The topological polar surface area (TPSA) is 90.0 Å². The van der Waals surface area contributed by atoms with Crippen molar-refractivity contribution in [2.75, 3.05) is 0 Å². The number of hydrogen-bond acceptors (Lipinski definition) is 3. The number of carbonyl (C=O) groups is 2. The van der Waals surface area contributed by atoms with Crippen molar-refractivity contribution in [1.29, 1.82) is 0 Å². The standard InChI is InChI=1S/C20H19ClN4O2/c1-12-18(21)13(2)25(24-12)17-8-6-15(7-9-17)20(27)23-11-14-4-3-5-16(10-14)19(22)26/h3-10H,11H2,1-2H3,(H2,22,26)(H,23,27). The number of nitrogens with two attached hydrogens (primary N) is 1. The molecule has 138 valence electrons. The Balaban J connectivity index is 1.70. The fraction of sp³-hybridized carbons (Fsp3) is 0.150. The van der Waals surface area contributed by atoms with Crippen molar-refractivity contribution in [3.8, 4) is 5.69 Å². The van der Waals surface area contributed by atoms with E-state index >= 15 is 0 Å². The van der Waals surface area contributed by atoms with Gasteiger partial charge < -0.3 is 11.1 Å². The molecular formula is C20H19ClN4O2. The third-order valence-corrected chi connectivity index (χ3v) is 4.79. The lowest BCUT2D eigenvalue weighted by Gasteiger charge is -2.08. The zero-order chi connectivity index (χ0) is 19.6. The zero-order valence-corrected chi connectivity index (χ0v) is 15.7. The Hall–Kier alpha value is -3.12. The van der Waals surface area contributed by atoms with Crippen LogP contribution in [0.5, 0.6) is 0 Å². The number of halogens is 1. The van der Waals surface area contributed by atoms with Crippen LogP contribution in [0.1, 0.15) is 37.7 Å². The molecule has 3 rings (SSSR count). The van der Waals surface area contributed by atoms with E-state index in [9.17, 15) is 9.59 Å². The highest BCUT2D eigenvalue weighted by Crippen LogP contribution is 2.22. The van der Waals surface area contributed by atoms with E-state index in [1.54, 1.807) is 35.0 Å². The van der Waals surface area contributed by atoms with Crippen LogP contribution in [-0.2, 0) is 6.54 Å². The third-order valence-electron chi connectivity index (χ3n) is 4.24. The molecule has 0 bridgehead atoms. The van der Waals surface area contributed by atoms with Gasteiger partial charge in [-0.2, -0.15) is 5.10 Å². The van der Waals surface area contributed by atoms with Crippen LogP contribution in [0.3, 0.4) is 0 Å². The van der Waals surface area contributed by atoms with E-state index in [1.807, 2.05) is 32.0 Å². The average Bonchev–Trinajstić information content (AvgIpc) is 2.94. The Bertz CT molecular complexity index is 1010. The van der Waals surface area contributed by atoms with Crippen LogP contribution in [0.15, 0.2) is 48.5 Å². The summed E-state index contributed by atoms with van der Waals surface area (Å²) < 4.78 is 1.74. The minimum absolute atomic E-state index is 0.211. The minimum Gasteiger partial charge on any atom is -0.366 e. The first-order valence-corrected chi connectivity index (χ1v) is 8.73. The molecule has 3 N–H and O–H groups in total. The predicted octanol–water partition coefficient (Wildman–Crippen LogP) is 3.17. The molecule has 1 heterocycles. The number of nitrogens with zero attached hydrogens (tertiary/aromatic N) is 2. The number of rotatable bonds is 5. The number of carbonyl (C=O) groups excluding carboxylic acids is 2. The van der Waals surface area contributed by atoms with E-state index in [2.05, 4.69) is 10.4 Å². The highest BCUT2D eigenvalue weighted by molar-refractivity contribution is 6.31.